The molecule has 0 fully saturated rings. The first-order chi connectivity index (χ1) is 9.50. The summed E-state index contributed by atoms with van der Waals surface area (Å²) < 4.78 is 0. The van der Waals surface area contributed by atoms with Crippen molar-refractivity contribution >= 4 is 0 Å². The van der Waals surface area contributed by atoms with Crippen molar-refractivity contribution in [1.29, 1.82) is 0 Å². The summed E-state index contributed by atoms with van der Waals surface area (Å²) in [4.78, 5) is 0. The van der Waals surface area contributed by atoms with Crippen LogP contribution in [0.25, 0.3) is 6.15 Å². The topological polar surface area (TPSA) is 33.5 Å². The molecule has 0 aromatic heterocycles. The maximum Gasteiger partial charge on any atom is 5.00 e. The molecular formula is C20H32NRu. The van der Waals surface area contributed by atoms with E-state index in [4.69, 9.17) is 0 Å². The summed E-state index contributed by atoms with van der Waals surface area (Å²) in [7, 11) is 0. The molecule has 0 bridgehead atoms. The Labute approximate surface area is 153 Å². The molecular weight excluding hydrogens is 355 g/mol. The largest absolute Gasteiger partial charge is 5.00 e. The normalized spacial score (nSPS) is 12.5. The van der Waals surface area contributed by atoms with Crippen LogP contribution in [0.15, 0.2) is 66.8 Å². The molecule has 22 heavy (non-hydrogen) atoms. The fraction of sp³-hybridized carbons (Fsp3) is 0.250. The van der Waals surface area contributed by atoms with Crippen molar-refractivity contribution in [1.82, 2.24) is 0 Å². The Morgan fingerprint density at radius 1 is 0.682 bits per heavy atom. The van der Waals surface area contributed by atoms with Crippen LogP contribution in [0.2, 0.25) is 0 Å². The first kappa shape index (κ1) is 32.8. The van der Waals surface area contributed by atoms with Gasteiger partial charge in [0.15, 0.2) is 0 Å². The molecule has 3 rings (SSSR count). The zero-order chi connectivity index (χ0) is 14.6. The van der Waals surface area contributed by atoms with Gasteiger partial charge >= 0.3 is 19.5 Å². The van der Waals surface area contributed by atoms with E-state index >= 15 is 0 Å². The minimum Gasteiger partial charge on any atom is -0.693 e. The molecule has 1 nitrogen and oxygen atoms in total. The molecule has 0 aromatic rings. The van der Waals surface area contributed by atoms with Crippen molar-refractivity contribution in [3.05, 3.63) is 100 Å². The van der Waals surface area contributed by atoms with Crippen LogP contribution in [0.1, 0.15) is 33.1 Å². The molecule has 0 amide bonds. The maximum atomic E-state index is 3.25. The van der Waals surface area contributed by atoms with Gasteiger partial charge in [-0.1, -0.05) is 48.6 Å². The van der Waals surface area contributed by atoms with Gasteiger partial charge in [0.25, 0.3) is 0 Å². The Kier molecular flexibility index (Phi) is 55.0. The minimum atomic E-state index is 0. The molecule has 3 aliphatic rings. The minimum absolute atomic E-state index is 0. The standard InChI is InChI=1S/2C5H6.C5H5.2C2H5.CH3.H2N.Ru/c3*1-2-4-5-3-1;2*1-2;;;/h2*1-4H,5H2;1-3H,4H2;2*1H2,2H3;1H3;1H2;/q;;5*-1;+5. The molecule has 0 spiro atoms. The van der Waals surface area contributed by atoms with E-state index in [1.165, 1.54) is 0 Å². The monoisotopic (exact) mass is 388 g/mol. The molecule has 0 saturated carbocycles. The zero-order valence-electron chi connectivity index (χ0n) is 14.3. The van der Waals surface area contributed by atoms with Gasteiger partial charge < -0.3 is 27.4 Å². The van der Waals surface area contributed by atoms with Crippen LogP contribution in [-0.4, -0.2) is 0 Å². The van der Waals surface area contributed by atoms with Gasteiger partial charge in [-0.15, -0.1) is 6.42 Å². The van der Waals surface area contributed by atoms with Gasteiger partial charge in [-0.25, -0.2) is 12.2 Å². The molecule has 3 aliphatic carbocycles. The first-order valence-corrected chi connectivity index (χ1v) is 6.76. The second kappa shape index (κ2) is 36.8. The molecule has 2 N–H and O–H groups in total. The third kappa shape index (κ3) is 31.4. The van der Waals surface area contributed by atoms with Crippen LogP contribution in [0, 0.1) is 27.4 Å². The van der Waals surface area contributed by atoms with Crippen LogP contribution in [0.3, 0.4) is 0 Å². The van der Waals surface area contributed by atoms with Crippen molar-refractivity contribution in [2.75, 3.05) is 0 Å². The fourth-order valence-electron chi connectivity index (χ4n) is 1.13. The summed E-state index contributed by atoms with van der Waals surface area (Å²) in [6, 6.07) is 0. The second-order valence-electron chi connectivity index (χ2n) is 3.19. The number of nitrogens with two attached hydrogens (primary N) is 1. The average molecular weight is 388 g/mol. The smallest absolute Gasteiger partial charge is 0.693 e. The summed E-state index contributed by atoms with van der Waals surface area (Å²) in [5.74, 6) is 0. The summed E-state index contributed by atoms with van der Waals surface area (Å²) in [6.07, 6.45) is 29.0. The van der Waals surface area contributed by atoms with E-state index in [1.807, 2.05) is 12.2 Å². The van der Waals surface area contributed by atoms with E-state index in [0.717, 1.165) is 19.3 Å². The number of allylic oxidation sites excluding steroid dienone is 12. The van der Waals surface area contributed by atoms with Gasteiger partial charge in [0.2, 0.25) is 0 Å². The van der Waals surface area contributed by atoms with Gasteiger partial charge in [-0.05, 0) is 12.8 Å². The predicted molar refractivity (Wildman–Crippen MR) is 101 cm³/mol. The molecule has 0 aliphatic heterocycles. The van der Waals surface area contributed by atoms with Gasteiger partial charge in [0, 0.05) is 0 Å². The summed E-state index contributed by atoms with van der Waals surface area (Å²) in [5, 5.41) is 0. The predicted octanol–water partition coefficient (Wildman–Crippen LogP) is 7.16. The van der Waals surface area contributed by atoms with Gasteiger partial charge in [-0.2, -0.15) is 19.9 Å². The fourth-order valence-corrected chi connectivity index (χ4v) is 1.13. The van der Waals surface area contributed by atoms with Crippen molar-refractivity contribution in [3.8, 4) is 0 Å². The average Bonchev–Trinajstić information content (AvgIpc) is 3.31. The van der Waals surface area contributed by atoms with Crippen LogP contribution in [0.4, 0.5) is 0 Å². The molecule has 0 heterocycles. The van der Waals surface area contributed by atoms with E-state index in [9.17, 15) is 0 Å². The Morgan fingerprint density at radius 3 is 1.14 bits per heavy atom. The van der Waals surface area contributed by atoms with E-state index in [0.29, 0.717) is 0 Å². The molecule has 2 heteroatoms. The Balaban J connectivity index is -0.0000000557. The molecule has 0 saturated heterocycles. The Bertz CT molecular complexity index is 238. The third-order valence-electron chi connectivity index (χ3n) is 1.90. The Hall–Kier alpha value is -0.977. The SMILES string of the molecule is C1=CCC=C1.C1=CCC=C1.[C-]1=CC=CC1.[CH2-]C.[CH2-]C.[CH3-].[NH2-].[Ru+5]. The van der Waals surface area contributed by atoms with Crippen molar-refractivity contribution in [2.24, 2.45) is 0 Å². The summed E-state index contributed by atoms with van der Waals surface area (Å²) in [6.45, 7) is 10.0. The number of hydrogen-bond acceptors (Lipinski definition) is 0. The third-order valence-corrected chi connectivity index (χ3v) is 1.90. The van der Waals surface area contributed by atoms with Crippen LogP contribution >= 0.6 is 0 Å². The van der Waals surface area contributed by atoms with Crippen LogP contribution in [0.5, 0.6) is 0 Å². The number of hydrogen-bond donors (Lipinski definition) is 0. The molecule has 0 aromatic carbocycles. The van der Waals surface area contributed by atoms with Crippen molar-refractivity contribution in [3.63, 3.8) is 0 Å². The van der Waals surface area contributed by atoms with E-state index in [2.05, 4.69) is 74.6 Å². The van der Waals surface area contributed by atoms with Gasteiger partial charge in [0.1, 0.15) is 0 Å². The molecule has 1 radical (unpaired) electrons. The van der Waals surface area contributed by atoms with Crippen molar-refractivity contribution in [2.45, 2.75) is 33.1 Å². The quantitative estimate of drug-likeness (QED) is 0.312. The molecule has 125 valence electrons. The van der Waals surface area contributed by atoms with E-state index < -0.39 is 0 Å². The maximum absolute atomic E-state index is 3.25. The van der Waals surface area contributed by atoms with E-state index in [1.54, 1.807) is 13.8 Å². The zero-order valence-corrected chi connectivity index (χ0v) is 16.1. The number of rotatable bonds is 0. The first-order valence-electron chi connectivity index (χ1n) is 6.76. The molecule has 0 unspecified atom stereocenters. The van der Waals surface area contributed by atoms with Crippen LogP contribution < -0.4 is 0 Å². The van der Waals surface area contributed by atoms with Gasteiger partial charge in [-0.3, -0.25) is 6.08 Å². The van der Waals surface area contributed by atoms with Crippen LogP contribution in [-0.2, 0) is 19.5 Å². The summed E-state index contributed by atoms with van der Waals surface area (Å²) >= 11 is 0. The Morgan fingerprint density at radius 2 is 1.05 bits per heavy atom. The summed E-state index contributed by atoms with van der Waals surface area (Å²) in [5.41, 5.74) is 0. The van der Waals surface area contributed by atoms with Crippen molar-refractivity contribution < 1.29 is 19.5 Å². The van der Waals surface area contributed by atoms with Gasteiger partial charge in [0.05, 0.1) is 0 Å². The second-order valence-corrected chi connectivity index (χ2v) is 3.19. The van der Waals surface area contributed by atoms with E-state index in [-0.39, 0.29) is 33.1 Å². The molecule has 0 atom stereocenters.